The minimum absolute atomic E-state index is 0.930. The Labute approximate surface area is 90.7 Å². The Bertz CT molecular complexity index is 290. The molecule has 0 bridgehead atoms. The van der Waals surface area contributed by atoms with Gasteiger partial charge in [-0.05, 0) is 11.6 Å². The van der Waals surface area contributed by atoms with E-state index in [1.165, 1.54) is 5.56 Å². The van der Waals surface area contributed by atoms with Gasteiger partial charge in [0.15, 0.2) is 0 Å². The molecule has 1 fully saturated rings. The van der Waals surface area contributed by atoms with Crippen molar-refractivity contribution in [1.82, 2.24) is 15.2 Å². The van der Waals surface area contributed by atoms with Gasteiger partial charge in [0, 0.05) is 46.0 Å². The molecule has 0 atom stereocenters. The average molecular weight is 206 g/mol. The molecule has 0 aliphatic carbocycles. The molecular formula is C11H18N4. The molecule has 0 amide bonds. The zero-order chi connectivity index (χ0) is 10.5. The molecule has 2 heterocycles. The van der Waals surface area contributed by atoms with Crippen LogP contribution >= 0.6 is 0 Å². The molecule has 15 heavy (non-hydrogen) atoms. The third kappa shape index (κ3) is 2.91. The number of pyridine rings is 1. The van der Waals surface area contributed by atoms with Crippen molar-refractivity contribution in [2.24, 2.45) is 0 Å². The van der Waals surface area contributed by atoms with Crippen LogP contribution in [0.1, 0.15) is 5.56 Å². The number of anilines is 1. The molecule has 1 aliphatic heterocycles. The SMILES string of the molecule is CNc1ccc(CN2CCNCC2)cn1. The second-order valence-electron chi connectivity index (χ2n) is 3.83. The van der Waals surface area contributed by atoms with Gasteiger partial charge in [0.25, 0.3) is 0 Å². The zero-order valence-electron chi connectivity index (χ0n) is 9.16. The van der Waals surface area contributed by atoms with E-state index in [-0.39, 0.29) is 0 Å². The molecule has 0 spiro atoms. The highest BCUT2D eigenvalue weighted by molar-refractivity contribution is 5.34. The third-order valence-corrected chi connectivity index (χ3v) is 2.70. The van der Waals surface area contributed by atoms with Gasteiger partial charge in [-0.1, -0.05) is 6.07 Å². The van der Waals surface area contributed by atoms with E-state index in [9.17, 15) is 0 Å². The van der Waals surface area contributed by atoms with Crippen molar-refractivity contribution < 1.29 is 0 Å². The highest BCUT2D eigenvalue weighted by Crippen LogP contribution is 2.07. The lowest BCUT2D eigenvalue weighted by molar-refractivity contribution is 0.233. The van der Waals surface area contributed by atoms with Gasteiger partial charge in [0.1, 0.15) is 5.82 Å². The van der Waals surface area contributed by atoms with E-state index < -0.39 is 0 Å². The van der Waals surface area contributed by atoms with Gasteiger partial charge in [0.2, 0.25) is 0 Å². The van der Waals surface area contributed by atoms with E-state index >= 15 is 0 Å². The number of aromatic nitrogens is 1. The third-order valence-electron chi connectivity index (χ3n) is 2.70. The van der Waals surface area contributed by atoms with Gasteiger partial charge >= 0.3 is 0 Å². The average Bonchev–Trinajstić information content (AvgIpc) is 2.31. The monoisotopic (exact) mass is 206 g/mol. The largest absolute Gasteiger partial charge is 0.373 e. The highest BCUT2D eigenvalue weighted by atomic mass is 15.2. The molecule has 0 saturated carbocycles. The Morgan fingerprint density at radius 3 is 2.80 bits per heavy atom. The first kappa shape index (κ1) is 10.4. The van der Waals surface area contributed by atoms with Crippen LogP contribution in [-0.4, -0.2) is 43.1 Å². The Balaban J connectivity index is 1.91. The van der Waals surface area contributed by atoms with E-state index in [0.717, 1.165) is 38.5 Å². The molecule has 1 aromatic heterocycles. The number of hydrogen-bond donors (Lipinski definition) is 2. The van der Waals surface area contributed by atoms with E-state index in [2.05, 4.69) is 26.6 Å². The summed E-state index contributed by atoms with van der Waals surface area (Å²) in [7, 11) is 1.89. The first-order chi connectivity index (χ1) is 7.38. The molecule has 0 radical (unpaired) electrons. The van der Waals surface area contributed by atoms with Crippen LogP contribution in [0, 0.1) is 0 Å². The van der Waals surface area contributed by atoms with Crippen molar-refractivity contribution in [2.45, 2.75) is 6.54 Å². The summed E-state index contributed by atoms with van der Waals surface area (Å²) in [5.74, 6) is 0.930. The second kappa shape index (κ2) is 5.09. The summed E-state index contributed by atoms with van der Waals surface area (Å²) in [5, 5.41) is 6.37. The van der Waals surface area contributed by atoms with Gasteiger partial charge in [-0.3, -0.25) is 4.90 Å². The topological polar surface area (TPSA) is 40.2 Å². The Kier molecular flexibility index (Phi) is 3.53. The predicted octanol–water partition coefficient (Wildman–Crippen LogP) is 0.528. The fraction of sp³-hybridized carbons (Fsp3) is 0.545. The number of rotatable bonds is 3. The quantitative estimate of drug-likeness (QED) is 0.757. The van der Waals surface area contributed by atoms with Crippen molar-refractivity contribution in [3.8, 4) is 0 Å². The number of hydrogen-bond acceptors (Lipinski definition) is 4. The lowest BCUT2D eigenvalue weighted by Crippen LogP contribution is -2.42. The van der Waals surface area contributed by atoms with Gasteiger partial charge < -0.3 is 10.6 Å². The molecule has 82 valence electrons. The summed E-state index contributed by atoms with van der Waals surface area (Å²) in [6.45, 7) is 5.48. The molecule has 1 aliphatic rings. The summed E-state index contributed by atoms with van der Waals surface area (Å²) in [5.41, 5.74) is 1.29. The lowest BCUT2D eigenvalue weighted by atomic mass is 10.2. The van der Waals surface area contributed by atoms with E-state index in [1.54, 1.807) is 0 Å². The minimum atomic E-state index is 0.930. The zero-order valence-corrected chi connectivity index (χ0v) is 9.16. The fourth-order valence-electron chi connectivity index (χ4n) is 1.79. The maximum Gasteiger partial charge on any atom is 0.125 e. The van der Waals surface area contributed by atoms with Crippen LogP contribution < -0.4 is 10.6 Å². The van der Waals surface area contributed by atoms with Crippen molar-refractivity contribution in [1.29, 1.82) is 0 Å². The van der Waals surface area contributed by atoms with Crippen molar-refractivity contribution in [3.05, 3.63) is 23.9 Å². The van der Waals surface area contributed by atoms with Crippen LogP contribution in [-0.2, 0) is 6.54 Å². The first-order valence-electron chi connectivity index (χ1n) is 5.44. The van der Waals surface area contributed by atoms with E-state index in [4.69, 9.17) is 0 Å². The summed E-state index contributed by atoms with van der Waals surface area (Å²) in [4.78, 5) is 6.76. The number of nitrogens with zero attached hydrogens (tertiary/aromatic N) is 2. The molecule has 4 heteroatoms. The molecule has 1 saturated heterocycles. The van der Waals surface area contributed by atoms with Gasteiger partial charge in [0.05, 0.1) is 0 Å². The molecular weight excluding hydrogens is 188 g/mol. The van der Waals surface area contributed by atoms with Crippen LogP contribution in [0.15, 0.2) is 18.3 Å². The molecule has 2 rings (SSSR count). The minimum Gasteiger partial charge on any atom is -0.373 e. The molecule has 2 N–H and O–H groups in total. The van der Waals surface area contributed by atoms with Crippen LogP contribution in [0.5, 0.6) is 0 Å². The Morgan fingerprint density at radius 1 is 1.40 bits per heavy atom. The molecule has 4 nitrogen and oxygen atoms in total. The summed E-state index contributed by atoms with van der Waals surface area (Å²) >= 11 is 0. The predicted molar refractivity (Wildman–Crippen MR) is 61.9 cm³/mol. The second-order valence-corrected chi connectivity index (χ2v) is 3.83. The summed E-state index contributed by atoms with van der Waals surface area (Å²) in [6.07, 6.45) is 1.95. The molecule has 0 aromatic carbocycles. The Morgan fingerprint density at radius 2 is 2.20 bits per heavy atom. The van der Waals surface area contributed by atoms with Gasteiger partial charge in [-0.2, -0.15) is 0 Å². The van der Waals surface area contributed by atoms with E-state index in [1.807, 2.05) is 19.3 Å². The van der Waals surface area contributed by atoms with Crippen LogP contribution in [0.25, 0.3) is 0 Å². The van der Waals surface area contributed by atoms with Crippen molar-refractivity contribution in [2.75, 3.05) is 38.5 Å². The number of piperazine rings is 1. The number of nitrogens with one attached hydrogen (secondary N) is 2. The smallest absolute Gasteiger partial charge is 0.125 e. The molecule has 0 unspecified atom stereocenters. The highest BCUT2D eigenvalue weighted by Gasteiger charge is 2.09. The normalized spacial score (nSPS) is 17.7. The van der Waals surface area contributed by atoms with Crippen LogP contribution in [0.4, 0.5) is 5.82 Å². The first-order valence-corrected chi connectivity index (χ1v) is 5.44. The summed E-state index contributed by atoms with van der Waals surface area (Å²) < 4.78 is 0. The van der Waals surface area contributed by atoms with Crippen LogP contribution in [0.3, 0.4) is 0 Å². The van der Waals surface area contributed by atoms with Crippen molar-refractivity contribution in [3.63, 3.8) is 0 Å². The fourth-order valence-corrected chi connectivity index (χ4v) is 1.79. The molecule has 1 aromatic rings. The van der Waals surface area contributed by atoms with E-state index in [0.29, 0.717) is 0 Å². The summed E-state index contributed by atoms with van der Waals surface area (Å²) in [6, 6.07) is 4.17. The Hall–Kier alpha value is -1.13. The van der Waals surface area contributed by atoms with Gasteiger partial charge in [-0.25, -0.2) is 4.98 Å². The van der Waals surface area contributed by atoms with Crippen molar-refractivity contribution >= 4 is 5.82 Å². The lowest BCUT2D eigenvalue weighted by Gasteiger charge is -2.27. The van der Waals surface area contributed by atoms with Crippen LogP contribution in [0.2, 0.25) is 0 Å². The maximum atomic E-state index is 4.31. The standard InChI is InChI=1S/C11H18N4/c1-12-11-3-2-10(8-14-11)9-15-6-4-13-5-7-15/h2-3,8,13H,4-7,9H2,1H3,(H,12,14). The van der Waals surface area contributed by atoms with Gasteiger partial charge in [-0.15, -0.1) is 0 Å². The maximum absolute atomic E-state index is 4.31.